The minimum absolute atomic E-state index is 0. The van der Waals surface area contributed by atoms with Crippen LogP contribution < -0.4 is 0 Å². The van der Waals surface area contributed by atoms with Crippen molar-refractivity contribution in [1.82, 2.24) is 0 Å². The Labute approximate surface area is 510 Å². The molecule has 8 N–H and O–H groups in total. The van der Waals surface area contributed by atoms with E-state index in [0.29, 0.717) is 0 Å². The van der Waals surface area contributed by atoms with Crippen LogP contribution in [0.4, 0.5) is 0 Å². The number of hydrogen-bond donors (Lipinski definition) is 8. The molecule has 532 valence electrons. The van der Waals surface area contributed by atoms with Crippen molar-refractivity contribution in [3.8, 4) is 0 Å². The number of rotatable bonds is 42. The fourth-order valence-corrected chi connectivity index (χ4v) is 0.440. The largest absolute Gasteiger partial charge is 1.00 e. The average molecular weight is 1390 g/mol. The third kappa shape index (κ3) is 256. The standard InChI is InChI=1S/19CH4.B3.H2O18.3H2O12.3V.H2.11H/c;;;;;;;;;;;;;;;;;;;1-3-2;1-3-5-7-9-11-13-15-17-18-16-14-12-10-8-6-4-2;3*1-3-5-7-9-11-12-10-8-6-4-2;;;;;;;;;;;;;;;/h19*1H4;;1-2H;3*1-2H;;;;1H;;;;;;;;;;;/q;;;;;;;;;;;;;;;;;;;;;;;;;;;;11*-1/i;;;;;;;;;;;;;;;;;;;;;;;;;;;12*1+1. The smallest absolute Gasteiger partial charge is 0 e. The van der Waals surface area contributed by atoms with Gasteiger partial charge < -0.3 is 15.7 Å². The van der Waals surface area contributed by atoms with E-state index in [9.17, 15) is 0 Å². The Morgan fingerprint density at radius 1 is 0.165 bits per heavy atom. The fourth-order valence-electron chi connectivity index (χ4n) is 0.440. The van der Waals surface area contributed by atoms with Crippen LogP contribution in [0.5, 0.6) is 0 Å². The van der Waals surface area contributed by atoms with Crippen LogP contribution in [0.15, 0.2) is 0 Å². The molecule has 0 fully saturated rings. The van der Waals surface area contributed by atoms with Crippen molar-refractivity contribution in [2.24, 2.45) is 0 Å². The maximum Gasteiger partial charge on any atom is 0 e. The molecule has 60 heteroatoms. The van der Waals surface area contributed by atoms with E-state index in [-0.39, 0.29) is 214 Å². The van der Waals surface area contributed by atoms with Gasteiger partial charge in [0.15, 0.2) is 0 Å². The molecular formula is C19H97B3O54V3-11. The van der Waals surface area contributed by atoms with Crippen LogP contribution in [-0.4, -0.2) is 64.6 Å². The molecule has 79 heavy (non-hydrogen) atoms. The summed E-state index contributed by atoms with van der Waals surface area (Å²) in [4.78, 5) is 0. The van der Waals surface area contributed by atoms with Crippen molar-refractivity contribution in [2.45, 2.75) is 141 Å². The summed E-state index contributed by atoms with van der Waals surface area (Å²) in [6, 6.07) is 0. The Morgan fingerprint density at radius 2 is 0.203 bits per heavy atom. The maximum absolute atomic E-state index is 7.47. The molecule has 0 aromatic rings. The summed E-state index contributed by atoms with van der Waals surface area (Å²) in [5.74, 6) is 0. The topological polar surface area (TPSA) is 586 Å². The van der Waals surface area contributed by atoms with Gasteiger partial charge in [-0.3, -0.25) is 0 Å². The molecule has 0 aromatic heterocycles. The van der Waals surface area contributed by atoms with E-state index in [4.69, 9.17) is 42.1 Å². The van der Waals surface area contributed by atoms with Crippen LogP contribution >= 0.6 is 0 Å². The van der Waals surface area contributed by atoms with Gasteiger partial charge in [0.1, 0.15) is 0 Å². The molecule has 0 rings (SSSR count). The molecule has 54 nitrogen and oxygen atoms in total. The monoisotopic (exact) mass is 1390 g/mol. The summed E-state index contributed by atoms with van der Waals surface area (Å²) in [7, 11) is 10.0. The Kier molecular flexibility index (Phi) is 471. The van der Waals surface area contributed by atoms with Gasteiger partial charge >= 0.3 is 0 Å². The minimum atomic E-state index is 0. The van der Waals surface area contributed by atoms with Crippen LogP contribution in [-0.2, 0) is 287 Å². The minimum Gasteiger partial charge on any atom is -1.00 e. The first kappa shape index (κ1) is 178. The zero-order valence-electron chi connectivity index (χ0n) is 36.4. The van der Waals surface area contributed by atoms with E-state index in [1.165, 1.54) is 0 Å². The van der Waals surface area contributed by atoms with Gasteiger partial charge in [0.05, 0.1) is 0 Å². The Balaban J connectivity index is -0.00000000946. The molecule has 0 saturated carbocycles. The van der Waals surface area contributed by atoms with E-state index >= 15 is 0 Å². The summed E-state index contributed by atoms with van der Waals surface area (Å²) < 4.78 is 0. The third-order valence-electron chi connectivity index (χ3n) is 1.19. The summed E-state index contributed by atoms with van der Waals surface area (Å²) in [5.41, 5.74) is 0. The predicted molar refractivity (Wildman–Crippen MR) is 230 cm³/mol. The van der Waals surface area contributed by atoms with Crippen molar-refractivity contribution in [2.75, 3.05) is 0 Å². The summed E-state index contributed by atoms with van der Waals surface area (Å²) in [6.07, 6.45) is 0. The van der Waals surface area contributed by atoms with Gasteiger partial charge in [0.25, 0.3) is 0 Å². The van der Waals surface area contributed by atoms with Gasteiger partial charge in [0, 0.05) is 79.6 Å². The van der Waals surface area contributed by atoms with Crippen molar-refractivity contribution < 1.29 is 347 Å². The molecule has 0 aliphatic carbocycles. The van der Waals surface area contributed by atoms with Crippen molar-refractivity contribution in [3.05, 3.63) is 0 Å². The van der Waals surface area contributed by atoms with Gasteiger partial charge in [-0.15, -0.1) is 0 Å². The predicted octanol–water partition coefficient (Wildman–Crippen LogP) is 9.34. The van der Waals surface area contributed by atoms with Crippen molar-refractivity contribution in [1.29, 1.82) is 0 Å². The molecule has 0 aliphatic heterocycles. The van der Waals surface area contributed by atoms with Crippen molar-refractivity contribution >= 4 is 22.5 Å². The van der Waals surface area contributed by atoms with E-state index in [2.05, 4.69) is 247 Å². The van der Waals surface area contributed by atoms with Crippen LogP contribution in [0, 0.1) is 0 Å². The number of hydrogen-bond acceptors (Lipinski definition) is 54. The second-order valence-electron chi connectivity index (χ2n) is 3.37. The van der Waals surface area contributed by atoms with Gasteiger partial charge in [-0.05, 0) is 232 Å². The molecule has 8 radical (unpaired) electrons. The molecule has 0 aliphatic rings. The third-order valence-corrected chi connectivity index (χ3v) is 1.19. The Hall–Kier alpha value is -0.212. The van der Waals surface area contributed by atoms with Crippen LogP contribution in [0.2, 0.25) is 0 Å². The van der Waals surface area contributed by atoms with Gasteiger partial charge in [0.2, 0.25) is 0 Å². The molecule has 0 amide bonds. The van der Waals surface area contributed by atoms with E-state index in [1.807, 2.05) is 0 Å². The first-order chi connectivity index (χ1) is 28.1. The summed E-state index contributed by atoms with van der Waals surface area (Å²) in [5, 5.41) is 209. The SMILES string of the molecule is C.C.C.C.C.C.C.C.C.C.C.C.C.C.C.C.C.C.C.OOOOOOOOOOOO.OOOOOOOOOOOO.OOOOOOOOOOOO.OOOOOOOOOOOOOOOOOO.[2H-].[2H-].[2H-].[2H-].[2H-].[2H-].[2H-].[2H-].[2H-].[2H-].[2H-].[2HH].[B][B][B].[V].[V].[V]. The maximum atomic E-state index is 7.47. The summed E-state index contributed by atoms with van der Waals surface area (Å²) in [6.45, 7) is 0. The average Bonchev–Trinajstić information content (AvgIpc) is 3.22. The Morgan fingerprint density at radius 3 is 0.241 bits per heavy atom. The van der Waals surface area contributed by atoms with Gasteiger partial charge in [-0.1, -0.05) is 141 Å². The van der Waals surface area contributed by atoms with Crippen LogP contribution in [0.25, 0.3) is 0 Å². The second kappa shape index (κ2) is 210. The normalized spacial score (nSPS) is 7.44. The zero-order chi connectivity index (χ0) is 43.2. The quantitative estimate of drug-likeness (QED) is 0.0122. The van der Waals surface area contributed by atoms with Gasteiger partial charge in [-0.25, -0.2) is 42.1 Å². The molecule has 0 bridgehead atoms. The molecular weight excluding hydrogens is 1280 g/mol. The van der Waals surface area contributed by atoms with E-state index < -0.39 is 0 Å². The van der Waals surface area contributed by atoms with E-state index in [0.717, 1.165) is 7.06 Å². The molecule has 0 aromatic carbocycles. The first-order valence-corrected chi connectivity index (χ1v) is 9.13. The molecule has 0 atom stereocenters. The Bertz CT molecular complexity index is 577. The molecule has 0 spiro atoms. The molecule has 0 unspecified atom stereocenters. The van der Waals surface area contributed by atoms with Crippen LogP contribution in [0.1, 0.15) is 158 Å². The van der Waals surface area contributed by atoms with Crippen molar-refractivity contribution in [3.63, 3.8) is 0 Å². The van der Waals surface area contributed by atoms with E-state index in [1.54, 1.807) is 0 Å². The fraction of sp³-hybridized carbons (Fsp3) is 1.00. The molecule has 0 saturated heterocycles. The molecule has 0 heterocycles. The van der Waals surface area contributed by atoms with Crippen LogP contribution in [0.3, 0.4) is 0 Å². The second-order valence-corrected chi connectivity index (χ2v) is 3.37. The zero-order valence-corrected chi connectivity index (χ0v) is 29.6. The first-order valence-electron chi connectivity index (χ1n) is 9.13. The van der Waals surface area contributed by atoms with Gasteiger partial charge in [-0.2, -0.15) is 0 Å². The summed E-state index contributed by atoms with van der Waals surface area (Å²) >= 11 is 0.